The van der Waals surface area contributed by atoms with Crippen molar-refractivity contribution >= 4 is 11.6 Å². The van der Waals surface area contributed by atoms with E-state index in [1.165, 1.54) is 5.56 Å². The summed E-state index contributed by atoms with van der Waals surface area (Å²) in [4.78, 5) is 14.4. The standard InChI is InChI=1S/C20H25N5O2/c1-13-6-8-18(9-7-13)25-16(4)20(15(3)22-25)21-19(26)12-24(5)11-17-10-14(2)27-23-17/h6-10H,11-12H2,1-5H3,(H,21,26). The summed E-state index contributed by atoms with van der Waals surface area (Å²) in [5.74, 6) is 0.671. The fourth-order valence-electron chi connectivity index (χ4n) is 3.01. The predicted octanol–water partition coefficient (Wildman–Crippen LogP) is 3.16. The van der Waals surface area contributed by atoms with Crippen LogP contribution in [0.1, 0.15) is 28.4 Å². The number of anilines is 1. The number of aryl methyl sites for hydroxylation is 3. The lowest BCUT2D eigenvalue weighted by atomic mass is 10.2. The van der Waals surface area contributed by atoms with Crippen LogP contribution in [0.15, 0.2) is 34.9 Å². The van der Waals surface area contributed by atoms with Gasteiger partial charge < -0.3 is 9.84 Å². The lowest BCUT2D eigenvalue weighted by molar-refractivity contribution is -0.117. The number of carbonyl (C=O) groups excluding carboxylic acids is 1. The molecular weight excluding hydrogens is 342 g/mol. The molecule has 27 heavy (non-hydrogen) atoms. The summed E-state index contributed by atoms with van der Waals surface area (Å²) in [5, 5.41) is 11.5. The number of likely N-dealkylation sites (N-methyl/N-ethyl adjacent to an activating group) is 1. The van der Waals surface area contributed by atoms with Crippen LogP contribution in [0, 0.1) is 27.7 Å². The highest BCUT2D eigenvalue weighted by Gasteiger charge is 2.16. The molecule has 0 atom stereocenters. The molecule has 1 N–H and O–H groups in total. The number of nitrogens with zero attached hydrogens (tertiary/aromatic N) is 4. The summed E-state index contributed by atoms with van der Waals surface area (Å²) in [6, 6.07) is 10.0. The molecule has 0 saturated heterocycles. The van der Waals surface area contributed by atoms with Crippen molar-refractivity contribution in [2.45, 2.75) is 34.2 Å². The molecule has 1 amide bonds. The molecule has 0 aliphatic heterocycles. The Kier molecular flexibility index (Phi) is 5.41. The van der Waals surface area contributed by atoms with E-state index in [2.05, 4.69) is 15.6 Å². The van der Waals surface area contributed by atoms with Gasteiger partial charge in [0.1, 0.15) is 5.76 Å². The van der Waals surface area contributed by atoms with Crippen molar-refractivity contribution in [2.24, 2.45) is 0 Å². The first-order chi connectivity index (χ1) is 12.8. The molecule has 0 saturated carbocycles. The van der Waals surface area contributed by atoms with Gasteiger partial charge in [-0.1, -0.05) is 22.9 Å². The molecule has 3 rings (SSSR count). The Hall–Kier alpha value is -2.93. The average molecular weight is 367 g/mol. The monoisotopic (exact) mass is 367 g/mol. The van der Waals surface area contributed by atoms with E-state index >= 15 is 0 Å². The van der Waals surface area contributed by atoms with E-state index in [0.29, 0.717) is 6.54 Å². The lowest BCUT2D eigenvalue weighted by Gasteiger charge is -2.14. The van der Waals surface area contributed by atoms with Gasteiger partial charge in [-0.3, -0.25) is 9.69 Å². The summed E-state index contributed by atoms with van der Waals surface area (Å²) < 4.78 is 6.91. The smallest absolute Gasteiger partial charge is 0.238 e. The Labute approximate surface area is 159 Å². The topological polar surface area (TPSA) is 76.2 Å². The fourth-order valence-corrected chi connectivity index (χ4v) is 3.01. The van der Waals surface area contributed by atoms with Crippen molar-refractivity contribution in [3.05, 3.63) is 58.7 Å². The van der Waals surface area contributed by atoms with Gasteiger partial charge in [0.25, 0.3) is 0 Å². The molecular formula is C20H25N5O2. The third-order valence-corrected chi connectivity index (χ3v) is 4.36. The minimum atomic E-state index is -0.0904. The number of carbonyl (C=O) groups is 1. The molecule has 1 aromatic carbocycles. The Balaban J connectivity index is 1.68. The van der Waals surface area contributed by atoms with Crippen molar-refractivity contribution in [3.63, 3.8) is 0 Å². The normalized spacial score (nSPS) is 11.2. The van der Waals surface area contributed by atoms with Crippen molar-refractivity contribution in [1.29, 1.82) is 0 Å². The second-order valence-corrected chi connectivity index (χ2v) is 6.94. The highest BCUT2D eigenvalue weighted by molar-refractivity contribution is 5.93. The average Bonchev–Trinajstić information content (AvgIpc) is 3.13. The molecule has 142 valence electrons. The summed E-state index contributed by atoms with van der Waals surface area (Å²) in [6.45, 7) is 8.55. The van der Waals surface area contributed by atoms with Gasteiger partial charge in [0.15, 0.2) is 0 Å². The first kappa shape index (κ1) is 18.8. The van der Waals surface area contributed by atoms with Gasteiger partial charge in [0.05, 0.1) is 35.0 Å². The molecule has 2 aromatic heterocycles. The van der Waals surface area contributed by atoms with Gasteiger partial charge in [0.2, 0.25) is 5.91 Å². The van der Waals surface area contributed by atoms with Crippen LogP contribution in [0.4, 0.5) is 5.69 Å². The largest absolute Gasteiger partial charge is 0.361 e. The van der Waals surface area contributed by atoms with Gasteiger partial charge in [0, 0.05) is 12.6 Å². The minimum absolute atomic E-state index is 0.0904. The van der Waals surface area contributed by atoms with Crippen molar-refractivity contribution in [1.82, 2.24) is 19.8 Å². The van der Waals surface area contributed by atoms with Gasteiger partial charge in [-0.2, -0.15) is 5.10 Å². The molecule has 0 fully saturated rings. The Morgan fingerprint density at radius 1 is 1.19 bits per heavy atom. The van der Waals surface area contributed by atoms with Gasteiger partial charge >= 0.3 is 0 Å². The van der Waals surface area contributed by atoms with E-state index in [1.807, 2.05) is 74.7 Å². The van der Waals surface area contributed by atoms with E-state index in [-0.39, 0.29) is 12.5 Å². The summed E-state index contributed by atoms with van der Waals surface area (Å²) in [7, 11) is 1.87. The van der Waals surface area contributed by atoms with E-state index in [0.717, 1.165) is 34.2 Å². The maximum absolute atomic E-state index is 12.5. The number of amides is 1. The second-order valence-electron chi connectivity index (χ2n) is 6.94. The Bertz CT molecular complexity index is 940. The molecule has 3 aromatic rings. The van der Waals surface area contributed by atoms with Crippen LogP contribution in [-0.2, 0) is 11.3 Å². The van der Waals surface area contributed by atoms with Crippen LogP contribution < -0.4 is 5.32 Å². The lowest BCUT2D eigenvalue weighted by Crippen LogP contribution is -2.30. The number of nitrogens with one attached hydrogen (secondary N) is 1. The number of aromatic nitrogens is 3. The SMILES string of the molecule is Cc1ccc(-n2nc(C)c(NC(=O)CN(C)Cc3cc(C)on3)c2C)cc1. The van der Waals surface area contributed by atoms with E-state index in [4.69, 9.17) is 4.52 Å². The maximum Gasteiger partial charge on any atom is 0.238 e. The van der Waals surface area contributed by atoms with Gasteiger partial charge in [-0.15, -0.1) is 0 Å². The summed E-state index contributed by atoms with van der Waals surface area (Å²) in [5.41, 5.74) is 5.42. The van der Waals surface area contributed by atoms with Crippen LogP contribution in [0.3, 0.4) is 0 Å². The molecule has 0 spiro atoms. The summed E-state index contributed by atoms with van der Waals surface area (Å²) >= 11 is 0. The molecule has 2 heterocycles. The van der Waals surface area contributed by atoms with E-state index in [9.17, 15) is 4.79 Å². The zero-order valence-electron chi connectivity index (χ0n) is 16.4. The Morgan fingerprint density at radius 2 is 1.89 bits per heavy atom. The van der Waals surface area contributed by atoms with Crippen LogP contribution in [0.25, 0.3) is 5.69 Å². The zero-order chi connectivity index (χ0) is 19.6. The predicted molar refractivity (Wildman–Crippen MR) is 104 cm³/mol. The molecule has 0 bridgehead atoms. The highest BCUT2D eigenvalue weighted by Crippen LogP contribution is 2.23. The first-order valence-corrected chi connectivity index (χ1v) is 8.87. The molecule has 0 aliphatic carbocycles. The Morgan fingerprint density at radius 3 is 2.52 bits per heavy atom. The van der Waals surface area contributed by atoms with Gasteiger partial charge in [-0.25, -0.2) is 4.68 Å². The number of hydrogen-bond donors (Lipinski definition) is 1. The molecule has 7 heteroatoms. The molecule has 0 unspecified atom stereocenters. The molecule has 0 radical (unpaired) electrons. The van der Waals surface area contributed by atoms with Crippen LogP contribution in [-0.4, -0.2) is 39.3 Å². The number of rotatable bonds is 6. The minimum Gasteiger partial charge on any atom is -0.361 e. The van der Waals surface area contributed by atoms with Crippen LogP contribution in [0.5, 0.6) is 0 Å². The second kappa shape index (κ2) is 7.75. The molecule has 7 nitrogen and oxygen atoms in total. The third-order valence-electron chi connectivity index (χ3n) is 4.36. The van der Waals surface area contributed by atoms with Crippen LogP contribution >= 0.6 is 0 Å². The molecule has 0 aliphatic rings. The zero-order valence-corrected chi connectivity index (χ0v) is 16.4. The maximum atomic E-state index is 12.5. The van der Waals surface area contributed by atoms with E-state index in [1.54, 1.807) is 0 Å². The first-order valence-electron chi connectivity index (χ1n) is 8.87. The van der Waals surface area contributed by atoms with Crippen LogP contribution in [0.2, 0.25) is 0 Å². The van der Waals surface area contributed by atoms with Crippen molar-refractivity contribution < 1.29 is 9.32 Å². The fraction of sp³-hybridized carbons (Fsp3) is 0.350. The van der Waals surface area contributed by atoms with Gasteiger partial charge in [-0.05, 0) is 46.9 Å². The highest BCUT2D eigenvalue weighted by atomic mass is 16.5. The quantitative estimate of drug-likeness (QED) is 0.724. The van der Waals surface area contributed by atoms with E-state index < -0.39 is 0 Å². The third kappa shape index (κ3) is 4.43. The van der Waals surface area contributed by atoms with Crippen molar-refractivity contribution in [2.75, 3.05) is 18.9 Å². The number of hydrogen-bond acceptors (Lipinski definition) is 5. The van der Waals surface area contributed by atoms with Crippen molar-refractivity contribution in [3.8, 4) is 5.69 Å². The number of benzene rings is 1. The summed E-state index contributed by atoms with van der Waals surface area (Å²) in [6.07, 6.45) is 0.